The van der Waals surface area contributed by atoms with Crippen LogP contribution in [0.25, 0.3) is 0 Å². The van der Waals surface area contributed by atoms with E-state index in [2.05, 4.69) is 5.32 Å². The lowest BCUT2D eigenvalue weighted by atomic mass is 9.95. The Labute approximate surface area is 269 Å². The van der Waals surface area contributed by atoms with Gasteiger partial charge in [-0.15, -0.1) is 0 Å². The van der Waals surface area contributed by atoms with Gasteiger partial charge in [0, 0.05) is 14.0 Å². The summed E-state index contributed by atoms with van der Waals surface area (Å²) in [6.07, 6.45) is -29.5. The highest BCUT2D eigenvalue weighted by molar-refractivity contribution is 5.73. The first kappa shape index (κ1) is 38.6. The van der Waals surface area contributed by atoms with Crippen molar-refractivity contribution in [3.05, 3.63) is 0 Å². The molecule has 0 spiro atoms. The highest BCUT2D eigenvalue weighted by Crippen LogP contribution is 2.35. The van der Waals surface area contributed by atoms with E-state index in [9.17, 15) is 55.9 Å². The van der Waals surface area contributed by atoms with E-state index in [4.69, 9.17) is 37.9 Å². The molecule has 4 saturated heterocycles. The quantitative estimate of drug-likeness (QED) is 0.102. The summed E-state index contributed by atoms with van der Waals surface area (Å²) in [5.74, 6) is -0.651. The molecule has 0 aromatic heterocycles. The van der Waals surface area contributed by atoms with Crippen LogP contribution in [-0.4, -0.2) is 200 Å². The zero-order chi connectivity index (χ0) is 34.9. The fourth-order valence-electron chi connectivity index (χ4n) is 5.96. The Kier molecular flexibility index (Phi) is 13.3. The third kappa shape index (κ3) is 8.06. The second-order valence-electron chi connectivity index (χ2n) is 12.1. The van der Waals surface area contributed by atoms with Gasteiger partial charge in [0.05, 0.1) is 25.4 Å². The van der Waals surface area contributed by atoms with Gasteiger partial charge in [-0.2, -0.15) is 0 Å². The molecule has 4 fully saturated rings. The molecule has 0 aliphatic carbocycles. The molecule has 47 heavy (non-hydrogen) atoms. The first-order valence-corrected chi connectivity index (χ1v) is 15.2. The summed E-state index contributed by atoms with van der Waals surface area (Å²) in [6.45, 7) is 2.48. The second kappa shape index (κ2) is 16.2. The Morgan fingerprint density at radius 3 is 1.66 bits per heavy atom. The van der Waals surface area contributed by atoms with Gasteiger partial charge >= 0.3 is 0 Å². The van der Waals surface area contributed by atoms with Crippen LogP contribution >= 0.6 is 0 Å². The van der Waals surface area contributed by atoms with Crippen LogP contribution in [0.2, 0.25) is 0 Å². The molecule has 0 aromatic carbocycles. The van der Waals surface area contributed by atoms with Crippen molar-refractivity contribution >= 4 is 5.91 Å². The van der Waals surface area contributed by atoms with E-state index in [0.717, 1.165) is 6.92 Å². The van der Waals surface area contributed by atoms with E-state index >= 15 is 0 Å². The van der Waals surface area contributed by atoms with E-state index in [1.807, 2.05) is 0 Å². The van der Waals surface area contributed by atoms with Crippen LogP contribution in [0.1, 0.15) is 20.8 Å². The number of hydrogen-bond acceptors (Lipinski definition) is 19. The van der Waals surface area contributed by atoms with E-state index in [0.29, 0.717) is 0 Å². The maximum atomic E-state index is 11.9. The molecule has 20 heteroatoms. The van der Waals surface area contributed by atoms with Gasteiger partial charge in [0.1, 0.15) is 85.4 Å². The molecule has 0 unspecified atom stereocenters. The minimum absolute atomic E-state index is 0.651. The van der Waals surface area contributed by atoms with Crippen LogP contribution in [0, 0.1) is 0 Å². The molecule has 4 heterocycles. The van der Waals surface area contributed by atoms with Crippen LogP contribution in [0.15, 0.2) is 0 Å². The second-order valence-corrected chi connectivity index (χ2v) is 12.1. The van der Waals surface area contributed by atoms with Crippen LogP contribution in [0.4, 0.5) is 0 Å². The SMILES string of the molecule is CO[C@@H]1O[C@@H](C)[C@H](O)[C@@H](O[C@H]2O[C@H](CO)[C@@H](O)[C@H](O)[C@H]2O)[C@H]1O[C@@H]1O[C@@H](C)[C@H](O)[C@@H](O)[C@H]1O[C@@H]1O[C@H](CO)[C@@H](O)[C@H](O)[C@H]1NC(C)=O. The molecule has 4 rings (SSSR count). The fourth-order valence-corrected chi connectivity index (χ4v) is 5.96. The van der Waals surface area contributed by atoms with Crippen molar-refractivity contribution < 1.29 is 93.8 Å². The smallest absolute Gasteiger partial charge is 0.217 e. The first-order valence-electron chi connectivity index (χ1n) is 15.2. The first-order chi connectivity index (χ1) is 22.1. The number of methoxy groups -OCH3 is 1. The Bertz CT molecular complexity index is 1010. The molecule has 0 saturated carbocycles. The number of rotatable bonds is 10. The van der Waals surface area contributed by atoms with Gasteiger partial charge in [-0.05, 0) is 13.8 Å². The van der Waals surface area contributed by atoms with Gasteiger partial charge in [-0.25, -0.2) is 0 Å². The Hall–Kier alpha value is -1.25. The average molecular weight is 690 g/mol. The van der Waals surface area contributed by atoms with Crippen LogP contribution < -0.4 is 5.32 Å². The molecule has 4 aliphatic heterocycles. The molecule has 1 amide bonds. The lowest BCUT2D eigenvalue weighted by Gasteiger charge is -2.50. The summed E-state index contributed by atoms with van der Waals surface area (Å²) in [5.41, 5.74) is 0. The number of amides is 1. The van der Waals surface area contributed by atoms with Crippen molar-refractivity contribution in [1.29, 1.82) is 0 Å². The maximum absolute atomic E-state index is 11.9. The minimum Gasteiger partial charge on any atom is -0.394 e. The number of aliphatic hydroxyl groups excluding tert-OH is 10. The molecule has 4 aliphatic rings. The normalized spacial score (nSPS) is 51.0. The number of aliphatic hydroxyl groups is 10. The molecule has 11 N–H and O–H groups in total. The zero-order valence-corrected chi connectivity index (χ0v) is 26.1. The molecular weight excluding hydrogens is 642 g/mol. The largest absolute Gasteiger partial charge is 0.394 e. The van der Waals surface area contributed by atoms with Crippen molar-refractivity contribution in [2.24, 2.45) is 0 Å². The number of carbonyl (C=O) groups is 1. The molecule has 274 valence electrons. The monoisotopic (exact) mass is 689 g/mol. The van der Waals surface area contributed by atoms with Gasteiger partial charge in [-0.3, -0.25) is 4.79 Å². The molecule has 20 nitrogen and oxygen atoms in total. The standard InChI is InChI=1S/C27H47NO19/c1-7-13(32)19(38)22(46-24-12(28-9(3)31)17(36)15(34)10(5-29)43-24)27(42-7)47-23-21(14(33)8(2)41-26(23)40-4)45-25-20(39)18(37)16(35)11(6-30)44-25/h7-8,10-27,29-30,32-39H,5-6H2,1-4H3,(H,28,31)/t7-,8-,10+,11+,12+,13-,14-,15+,16+,17+,18-,19+,20+,21+,22+,23+,24-,25+,26+,27-/m0/s1. The topological polar surface area (TPSA) is 305 Å². The van der Waals surface area contributed by atoms with Crippen LogP contribution in [0.5, 0.6) is 0 Å². The fraction of sp³-hybridized carbons (Fsp3) is 0.963. The summed E-state index contributed by atoms with van der Waals surface area (Å²) in [6, 6.07) is -1.44. The van der Waals surface area contributed by atoms with Crippen molar-refractivity contribution in [3.63, 3.8) is 0 Å². The van der Waals surface area contributed by atoms with Crippen LogP contribution in [0.3, 0.4) is 0 Å². The van der Waals surface area contributed by atoms with E-state index in [-0.39, 0.29) is 0 Å². The van der Waals surface area contributed by atoms with E-state index < -0.39 is 142 Å². The van der Waals surface area contributed by atoms with Crippen molar-refractivity contribution in [2.75, 3.05) is 20.3 Å². The number of nitrogens with one attached hydrogen (secondary N) is 1. The maximum Gasteiger partial charge on any atom is 0.217 e. The van der Waals surface area contributed by atoms with E-state index in [1.54, 1.807) is 0 Å². The van der Waals surface area contributed by atoms with Gasteiger partial charge in [-0.1, -0.05) is 0 Å². The summed E-state index contributed by atoms with van der Waals surface area (Å²) in [5, 5.41) is 107. The highest BCUT2D eigenvalue weighted by Gasteiger charge is 2.55. The lowest BCUT2D eigenvalue weighted by molar-refractivity contribution is -0.398. The van der Waals surface area contributed by atoms with E-state index in [1.165, 1.54) is 21.0 Å². The van der Waals surface area contributed by atoms with Gasteiger partial charge in [0.25, 0.3) is 0 Å². The predicted octanol–water partition coefficient (Wildman–Crippen LogP) is -6.90. The van der Waals surface area contributed by atoms with Gasteiger partial charge in [0.15, 0.2) is 25.2 Å². The molecule has 0 aromatic rings. The lowest BCUT2D eigenvalue weighted by Crippen LogP contribution is -2.68. The number of ether oxygens (including phenoxy) is 8. The van der Waals surface area contributed by atoms with Crippen molar-refractivity contribution in [1.82, 2.24) is 5.32 Å². The predicted molar refractivity (Wildman–Crippen MR) is 147 cm³/mol. The minimum atomic E-state index is -1.85. The highest BCUT2D eigenvalue weighted by atomic mass is 16.8. The summed E-state index contributed by atoms with van der Waals surface area (Å²) >= 11 is 0. The zero-order valence-electron chi connectivity index (χ0n) is 26.1. The summed E-state index contributed by atoms with van der Waals surface area (Å²) < 4.78 is 46.0. The Morgan fingerprint density at radius 2 is 1.09 bits per heavy atom. The third-order valence-electron chi connectivity index (χ3n) is 8.75. The number of hydrogen-bond donors (Lipinski definition) is 11. The molecule has 20 atom stereocenters. The van der Waals surface area contributed by atoms with Crippen LogP contribution in [-0.2, 0) is 42.7 Å². The Balaban J connectivity index is 1.64. The van der Waals surface area contributed by atoms with Gasteiger partial charge in [0.2, 0.25) is 5.91 Å². The molecular formula is C27H47NO19. The molecule has 0 bridgehead atoms. The molecule has 0 radical (unpaired) electrons. The van der Waals surface area contributed by atoms with Crippen molar-refractivity contribution in [3.8, 4) is 0 Å². The summed E-state index contributed by atoms with van der Waals surface area (Å²) in [4.78, 5) is 11.9. The third-order valence-corrected chi connectivity index (χ3v) is 8.75. The summed E-state index contributed by atoms with van der Waals surface area (Å²) in [7, 11) is 1.24. The Morgan fingerprint density at radius 1 is 0.574 bits per heavy atom. The number of carbonyl (C=O) groups excluding carboxylic acids is 1. The van der Waals surface area contributed by atoms with Gasteiger partial charge < -0.3 is 94.3 Å². The van der Waals surface area contributed by atoms with Crippen molar-refractivity contribution in [2.45, 2.75) is 144 Å². The average Bonchev–Trinajstić information content (AvgIpc) is 3.04.